The van der Waals surface area contributed by atoms with Crippen LogP contribution in [0.15, 0.2) is 36.4 Å². The highest BCUT2D eigenvalue weighted by atomic mass is 35.5. The Kier molecular flexibility index (Phi) is 7.29. The molecular formula is C21H23Cl2NO4. The molecule has 1 aliphatic rings. The largest absolute Gasteiger partial charge is 0.508 e. The fourth-order valence-electron chi connectivity index (χ4n) is 3.11. The summed E-state index contributed by atoms with van der Waals surface area (Å²) in [6.45, 7) is 2.43. The number of hydrogen-bond donors (Lipinski definition) is 1. The molecule has 0 aliphatic carbocycles. The van der Waals surface area contributed by atoms with Gasteiger partial charge in [-0.3, -0.25) is 4.79 Å². The van der Waals surface area contributed by atoms with Crippen LogP contribution in [0.4, 0.5) is 0 Å². The summed E-state index contributed by atoms with van der Waals surface area (Å²) in [5.74, 6) is 1.05. The summed E-state index contributed by atoms with van der Waals surface area (Å²) < 4.78 is 11.3. The Bertz CT molecular complexity index is 799. The maximum Gasteiger partial charge on any atom is 0.253 e. The number of carbonyl (C=O) groups excluding carboxylic acids is 1. The van der Waals surface area contributed by atoms with Gasteiger partial charge in [0.1, 0.15) is 11.5 Å². The summed E-state index contributed by atoms with van der Waals surface area (Å²) in [6, 6.07) is 10.0. The molecule has 1 N–H and O–H groups in total. The molecule has 1 amide bonds. The van der Waals surface area contributed by atoms with Gasteiger partial charge in [-0.25, -0.2) is 0 Å². The van der Waals surface area contributed by atoms with E-state index in [1.54, 1.807) is 6.07 Å². The average Bonchev–Trinajstić information content (AvgIpc) is 2.69. The van der Waals surface area contributed by atoms with E-state index in [2.05, 4.69) is 0 Å². The van der Waals surface area contributed by atoms with Crippen LogP contribution < -0.4 is 9.47 Å². The highest BCUT2D eigenvalue weighted by Gasteiger charge is 2.18. The monoisotopic (exact) mass is 423 g/mol. The van der Waals surface area contributed by atoms with Crippen LogP contribution in [0.1, 0.15) is 36.0 Å². The van der Waals surface area contributed by atoms with Gasteiger partial charge in [-0.05, 0) is 37.5 Å². The van der Waals surface area contributed by atoms with Crippen molar-refractivity contribution in [1.29, 1.82) is 0 Å². The van der Waals surface area contributed by atoms with Crippen molar-refractivity contribution in [3.8, 4) is 17.2 Å². The van der Waals surface area contributed by atoms with E-state index in [0.717, 1.165) is 25.9 Å². The van der Waals surface area contributed by atoms with Gasteiger partial charge in [-0.2, -0.15) is 0 Å². The summed E-state index contributed by atoms with van der Waals surface area (Å²) in [6.07, 6.45) is 3.93. The number of halogens is 2. The van der Waals surface area contributed by atoms with Crippen molar-refractivity contribution in [3.05, 3.63) is 52.0 Å². The van der Waals surface area contributed by atoms with Crippen molar-refractivity contribution in [1.82, 2.24) is 4.90 Å². The molecule has 150 valence electrons. The third-order valence-electron chi connectivity index (χ3n) is 4.51. The molecule has 7 heteroatoms. The van der Waals surface area contributed by atoms with Crippen molar-refractivity contribution in [3.63, 3.8) is 0 Å². The predicted octanol–water partition coefficient (Wildman–Crippen LogP) is 5.17. The topological polar surface area (TPSA) is 59.0 Å². The molecule has 3 rings (SSSR count). The number of amides is 1. The normalized spacial score (nSPS) is 14.0. The summed E-state index contributed by atoms with van der Waals surface area (Å²) in [7, 11) is 0. The van der Waals surface area contributed by atoms with E-state index < -0.39 is 0 Å². The molecule has 2 aromatic rings. The SMILES string of the molecule is O=C(c1cccc(OCCCOc2c(Cl)cc(O)cc2Cl)c1)N1CCCCC1. The second-order valence-corrected chi connectivity index (χ2v) is 7.48. The fourth-order valence-corrected chi connectivity index (χ4v) is 3.69. The Hall–Kier alpha value is -2.11. The van der Waals surface area contributed by atoms with Crippen LogP contribution in [0.2, 0.25) is 10.0 Å². The molecule has 0 saturated carbocycles. The third kappa shape index (κ3) is 5.46. The van der Waals surface area contributed by atoms with E-state index >= 15 is 0 Å². The fraction of sp³-hybridized carbons (Fsp3) is 0.381. The maximum absolute atomic E-state index is 12.6. The van der Waals surface area contributed by atoms with Gasteiger partial charge >= 0.3 is 0 Å². The number of likely N-dealkylation sites (tertiary alicyclic amines) is 1. The number of phenolic OH excluding ortho intramolecular Hbond substituents is 1. The van der Waals surface area contributed by atoms with Crippen molar-refractivity contribution < 1.29 is 19.4 Å². The van der Waals surface area contributed by atoms with E-state index in [1.165, 1.54) is 18.6 Å². The van der Waals surface area contributed by atoms with Gasteiger partial charge in [0, 0.05) is 37.2 Å². The first kappa shape index (κ1) is 20.6. The zero-order valence-electron chi connectivity index (χ0n) is 15.5. The Morgan fingerprint density at radius 2 is 1.68 bits per heavy atom. The molecule has 5 nitrogen and oxygen atoms in total. The zero-order chi connectivity index (χ0) is 19.9. The number of ether oxygens (including phenoxy) is 2. The standard InChI is InChI=1S/C21H23Cl2NO4/c22-18-13-16(25)14-19(23)20(18)28-11-5-10-27-17-7-4-6-15(12-17)21(26)24-8-2-1-3-9-24/h4,6-7,12-14,25H,1-3,5,8-11H2. The van der Waals surface area contributed by atoms with Gasteiger partial charge in [0.25, 0.3) is 5.91 Å². The van der Waals surface area contributed by atoms with Gasteiger partial charge in [0.15, 0.2) is 5.75 Å². The van der Waals surface area contributed by atoms with Crippen LogP contribution in [0, 0.1) is 0 Å². The smallest absolute Gasteiger partial charge is 0.253 e. The molecule has 0 spiro atoms. The second kappa shape index (κ2) is 9.89. The minimum Gasteiger partial charge on any atom is -0.508 e. The first-order valence-electron chi connectivity index (χ1n) is 9.37. The number of rotatable bonds is 7. The van der Waals surface area contributed by atoms with Crippen LogP contribution in [0.5, 0.6) is 17.2 Å². The number of benzene rings is 2. The Balaban J connectivity index is 1.47. The van der Waals surface area contributed by atoms with Crippen molar-refractivity contribution in [2.75, 3.05) is 26.3 Å². The number of piperidine rings is 1. The number of carbonyl (C=O) groups is 1. The van der Waals surface area contributed by atoms with Gasteiger partial charge in [-0.1, -0.05) is 29.3 Å². The van der Waals surface area contributed by atoms with E-state index in [1.807, 2.05) is 23.1 Å². The van der Waals surface area contributed by atoms with Crippen LogP contribution >= 0.6 is 23.2 Å². The van der Waals surface area contributed by atoms with Crippen molar-refractivity contribution >= 4 is 29.1 Å². The van der Waals surface area contributed by atoms with Gasteiger partial charge in [0.05, 0.1) is 23.3 Å². The number of phenols is 1. The van der Waals surface area contributed by atoms with Gasteiger partial charge in [0.2, 0.25) is 0 Å². The molecule has 0 atom stereocenters. The quantitative estimate of drug-likeness (QED) is 0.623. The highest BCUT2D eigenvalue weighted by molar-refractivity contribution is 6.37. The van der Waals surface area contributed by atoms with Crippen LogP contribution in [0.25, 0.3) is 0 Å². The number of aromatic hydroxyl groups is 1. The van der Waals surface area contributed by atoms with Crippen LogP contribution in [-0.2, 0) is 0 Å². The molecule has 1 heterocycles. The summed E-state index contributed by atoms with van der Waals surface area (Å²) in [5, 5.41) is 9.95. The lowest BCUT2D eigenvalue weighted by Gasteiger charge is -2.26. The van der Waals surface area contributed by atoms with Gasteiger partial charge in [-0.15, -0.1) is 0 Å². The lowest BCUT2D eigenvalue weighted by molar-refractivity contribution is 0.0724. The molecule has 0 radical (unpaired) electrons. The Morgan fingerprint density at radius 1 is 1.00 bits per heavy atom. The molecule has 0 unspecified atom stereocenters. The van der Waals surface area contributed by atoms with Crippen molar-refractivity contribution in [2.24, 2.45) is 0 Å². The molecule has 28 heavy (non-hydrogen) atoms. The first-order valence-corrected chi connectivity index (χ1v) is 10.1. The van der Waals surface area contributed by atoms with Crippen LogP contribution in [0.3, 0.4) is 0 Å². The summed E-state index contributed by atoms with van der Waals surface area (Å²) >= 11 is 12.0. The molecule has 2 aromatic carbocycles. The van der Waals surface area contributed by atoms with E-state index in [9.17, 15) is 9.90 Å². The molecular weight excluding hydrogens is 401 g/mol. The van der Waals surface area contributed by atoms with Gasteiger partial charge < -0.3 is 19.5 Å². The highest BCUT2D eigenvalue weighted by Crippen LogP contribution is 2.36. The minimum atomic E-state index is -0.00957. The average molecular weight is 424 g/mol. The predicted molar refractivity (Wildman–Crippen MR) is 110 cm³/mol. The van der Waals surface area contributed by atoms with Crippen LogP contribution in [-0.4, -0.2) is 42.2 Å². The van der Waals surface area contributed by atoms with E-state index in [4.69, 9.17) is 32.7 Å². The summed E-state index contributed by atoms with van der Waals surface area (Å²) in [5.41, 5.74) is 0.651. The molecule has 1 aliphatic heterocycles. The molecule has 0 aromatic heterocycles. The lowest BCUT2D eigenvalue weighted by atomic mass is 10.1. The molecule has 1 fully saturated rings. The van der Waals surface area contributed by atoms with E-state index in [-0.39, 0.29) is 21.7 Å². The van der Waals surface area contributed by atoms with E-state index in [0.29, 0.717) is 36.7 Å². The Labute approximate surface area is 174 Å². The summed E-state index contributed by atoms with van der Waals surface area (Å²) in [4.78, 5) is 14.5. The zero-order valence-corrected chi connectivity index (χ0v) is 17.0. The van der Waals surface area contributed by atoms with Crippen molar-refractivity contribution in [2.45, 2.75) is 25.7 Å². The minimum absolute atomic E-state index is 0.00957. The Morgan fingerprint density at radius 3 is 2.39 bits per heavy atom. The molecule has 1 saturated heterocycles. The first-order chi connectivity index (χ1) is 13.5. The second-order valence-electron chi connectivity index (χ2n) is 6.67. The third-order valence-corrected chi connectivity index (χ3v) is 5.07. The maximum atomic E-state index is 12.6. The molecule has 0 bridgehead atoms. The number of nitrogens with zero attached hydrogens (tertiary/aromatic N) is 1. The lowest BCUT2D eigenvalue weighted by Crippen LogP contribution is -2.35. The number of hydrogen-bond acceptors (Lipinski definition) is 4.